The SMILES string of the molecule is COCc1ccccc1CNC(=O)c1c(C)nn(-c2ccc(F)cc2)c1Cl. The monoisotopic (exact) mass is 387 g/mol. The first-order chi connectivity index (χ1) is 13.0. The zero-order chi connectivity index (χ0) is 19.4. The Morgan fingerprint density at radius 1 is 1.19 bits per heavy atom. The lowest BCUT2D eigenvalue weighted by Crippen LogP contribution is -2.24. The lowest BCUT2D eigenvalue weighted by Gasteiger charge is -2.10. The minimum absolute atomic E-state index is 0.182. The Bertz CT molecular complexity index is 954. The predicted molar refractivity (Wildman–Crippen MR) is 102 cm³/mol. The van der Waals surface area contributed by atoms with Crippen LogP contribution >= 0.6 is 11.6 Å². The Morgan fingerprint density at radius 2 is 1.85 bits per heavy atom. The number of nitrogens with one attached hydrogen (secondary N) is 1. The van der Waals surface area contributed by atoms with Crippen LogP contribution in [-0.2, 0) is 17.9 Å². The number of aryl methyl sites for hydroxylation is 1. The maximum Gasteiger partial charge on any atom is 0.256 e. The third kappa shape index (κ3) is 4.18. The van der Waals surface area contributed by atoms with Gasteiger partial charge >= 0.3 is 0 Å². The van der Waals surface area contributed by atoms with Crippen LogP contribution in [0.2, 0.25) is 5.15 Å². The average Bonchev–Trinajstić information content (AvgIpc) is 2.96. The quantitative estimate of drug-likeness (QED) is 0.694. The van der Waals surface area contributed by atoms with E-state index in [1.54, 1.807) is 26.2 Å². The summed E-state index contributed by atoms with van der Waals surface area (Å²) in [5.74, 6) is -0.676. The van der Waals surface area contributed by atoms with Gasteiger partial charge in [0.25, 0.3) is 5.91 Å². The highest BCUT2D eigenvalue weighted by atomic mass is 35.5. The molecule has 5 nitrogen and oxygen atoms in total. The van der Waals surface area contributed by atoms with Crippen molar-refractivity contribution in [3.05, 3.63) is 81.9 Å². The van der Waals surface area contributed by atoms with Gasteiger partial charge in [0, 0.05) is 13.7 Å². The number of carbonyl (C=O) groups is 1. The molecule has 3 aromatic rings. The zero-order valence-corrected chi connectivity index (χ0v) is 15.8. The van der Waals surface area contributed by atoms with Crippen LogP contribution in [-0.4, -0.2) is 22.8 Å². The van der Waals surface area contributed by atoms with Crippen LogP contribution in [0, 0.1) is 12.7 Å². The fraction of sp³-hybridized carbons (Fsp3) is 0.200. The van der Waals surface area contributed by atoms with Gasteiger partial charge in [-0.1, -0.05) is 35.9 Å². The molecule has 27 heavy (non-hydrogen) atoms. The van der Waals surface area contributed by atoms with Gasteiger partial charge < -0.3 is 10.1 Å². The molecule has 1 amide bonds. The van der Waals surface area contributed by atoms with E-state index in [1.165, 1.54) is 16.8 Å². The molecule has 140 valence electrons. The Hall–Kier alpha value is -2.70. The fourth-order valence-electron chi connectivity index (χ4n) is 2.80. The third-order valence-corrected chi connectivity index (χ3v) is 4.51. The minimum Gasteiger partial charge on any atom is -0.380 e. The number of halogens is 2. The summed E-state index contributed by atoms with van der Waals surface area (Å²) in [5, 5.41) is 7.37. The maximum absolute atomic E-state index is 13.1. The van der Waals surface area contributed by atoms with Gasteiger partial charge in [-0.15, -0.1) is 0 Å². The van der Waals surface area contributed by atoms with Crippen molar-refractivity contribution in [3.63, 3.8) is 0 Å². The molecule has 1 heterocycles. The first-order valence-corrected chi connectivity index (χ1v) is 8.74. The van der Waals surface area contributed by atoms with E-state index in [1.807, 2.05) is 24.3 Å². The predicted octanol–water partition coefficient (Wildman–Crippen LogP) is 4.05. The summed E-state index contributed by atoms with van der Waals surface area (Å²) in [5.41, 5.74) is 3.34. The molecule has 0 aliphatic rings. The van der Waals surface area contributed by atoms with Gasteiger partial charge in [0.15, 0.2) is 0 Å². The summed E-state index contributed by atoms with van der Waals surface area (Å²) < 4.78 is 19.7. The van der Waals surface area contributed by atoms with Crippen molar-refractivity contribution in [2.24, 2.45) is 0 Å². The number of nitrogens with zero attached hydrogens (tertiary/aromatic N) is 2. The Kier molecular flexibility index (Phi) is 5.88. The molecule has 0 bridgehead atoms. The number of amides is 1. The molecule has 0 fully saturated rings. The van der Waals surface area contributed by atoms with E-state index in [2.05, 4.69) is 10.4 Å². The molecule has 0 aliphatic heterocycles. The number of benzene rings is 2. The molecule has 0 spiro atoms. The van der Waals surface area contributed by atoms with E-state index in [0.29, 0.717) is 30.1 Å². The molecule has 0 unspecified atom stereocenters. The van der Waals surface area contributed by atoms with Crippen LogP contribution in [0.25, 0.3) is 5.69 Å². The van der Waals surface area contributed by atoms with Crippen molar-refractivity contribution in [2.75, 3.05) is 7.11 Å². The molecule has 0 atom stereocenters. The second-order valence-electron chi connectivity index (χ2n) is 6.02. The van der Waals surface area contributed by atoms with Crippen molar-refractivity contribution >= 4 is 17.5 Å². The average molecular weight is 388 g/mol. The van der Waals surface area contributed by atoms with Gasteiger partial charge in [-0.2, -0.15) is 5.10 Å². The van der Waals surface area contributed by atoms with E-state index in [9.17, 15) is 9.18 Å². The van der Waals surface area contributed by atoms with Crippen molar-refractivity contribution in [2.45, 2.75) is 20.1 Å². The van der Waals surface area contributed by atoms with Gasteiger partial charge in [0.05, 0.1) is 23.6 Å². The number of hydrogen-bond donors (Lipinski definition) is 1. The zero-order valence-electron chi connectivity index (χ0n) is 15.0. The van der Waals surface area contributed by atoms with Crippen LogP contribution in [0.3, 0.4) is 0 Å². The second kappa shape index (κ2) is 8.33. The second-order valence-corrected chi connectivity index (χ2v) is 6.38. The number of methoxy groups -OCH3 is 1. The summed E-state index contributed by atoms with van der Waals surface area (Å²) in [6, 6.07) is 13.5. The van der Waals surface area contributed by atoms with Crippen LogP contribution < -0.4 is 5.32 Å². The standard InChI is InChI=1S/C20H19ClFN3O2/c1-13-18(19(21)25(24-13)17-9-7-16(22)8-10-17)20(26)23-11-14-5-3-4-6-15(14)12-27-2/h3-10H,11-12H2,1-2H3,(H,23,26). The molecule has 1 aromatic heterocycles. The highest BCUT2D eigenvalue weighted by Crippen LogP contribution is 2.24. The minimum atomic E-state index is -0.355. The highest BCUT2D eigenvalue weighted by molar-refractivity contribution is 6.33. The summed E-state index contributed by atoms with van der Waals surface area (Å²) in [7, 11) is 1.63. The number of ether oxygens (including phenoxy) is 1. The molecule has 0 radical (unpaired) electrons. The van der Waals surface area contributed by atoms with Gasteiger partial charge in [0.2, 0.25) is 0 Å². The summed E-state index contributed by atoms with van der Waals surface area (Å²) in [4.78, 5) is 12.7. The molecule has 0 saturated carbocycles. The fourth-order valence-corrected chi connectivity index (χ4v) is 3.16. The smallest absolute Gasteiger partial charge is 0.256 e. The summed E-state index contributed by atoms with van der Waals surface area (Å²) >= 11 is 6.39. The number of hydrogen-bond acceptors (Lipinski definition) is 3. The Labute approximate surface area is 161 Å². The molecule has 7 heteroatoms. The van der Waals surface area contributed by atoms with Gasteiger partial charge in [0.1, 0.15) is 11.0 Å². The normalized spacial score (nSPS) is 10.8. The van der Waals surface area contributed by atoms with E-state index >= 15 is 0 Å². The number of carbonyl (C=O) groups excluding carboxylic acids is 1. The van der Waals surface area contributed by atoms with E-state index in [-0.39, 0.29) is 16.9 Å². The van der Waals surface area contributed by atoms with Gasteiger partial charge in [-0.3, -0.25) is 4.79 Å². The Balaban J connectivity index is 1.81. The maximum atomic E-state index is 13.1. The van der Waals surface area contributed by atoms with E-state index in [0.717, 1.165) is 11.1 Å². The third-order valence-electron chi connectivity index (χ3n) is 4.16. The highest BCUT2D eigenvalue weighted by Gasteiger charge is 2.21. The van der Waals surface area contributed by atoms with Crippen LogP contribution in [0.1, 0.15) is 27.2 Å². The molecular formula is C20H19ClFN3O2. The first kappa shape index (κ1) is 19.1. The number of aromatic nitrogens is 2. The van der Waals surface area contributed by atoms with Gasteiger partial charge in [-0.25, -0.2) is 9.07 Å². The molecule has 3 rings (SSSR count). The van der Waals surface area contributed by atoms with Crippen molar-refractivity contribution in [1.29, 1.82) is 0 Å². The first-order valence-electron chi connectivity index (χ1n) is 8.36. The van der Waals surface area contributed by atoms with Crippen LogP contribution in [0.4, 0.5) is 4.39 Å². The molecule has 0 saturated heterocycles. The lowest BCUT2D eigenvalue weighted by atomic mass is 10.1. The van der Waals surface area contributed by atoms with Crippen molar-refractivity contribution in [3.8, 4) is 5.69 Å². The van der Waals surface area contributed by atoms with E-state index in [4.69, 9.17) is 16.3 Å². The molecule has 0 aliphatic carbocycles. The van der Waals surface area contributed by atoms with Crippen LogP contribution in [0.5, 0.6) is 0 Å². The lowest BCUT2D eigenvalue weighted by molar-refractivity contribution is 0.0950. The summed E-state index contributed by atoms with van der Waals surface area (Å²) in [6.45, 7) is 2.52. The Morgan fingerprint density at radius 3 is 2.52 bits per heavy atom. The summed E-state index contributed by atoms with van der Waals surface area (Å²) in [6.07, 6.45) is 0. The molecule has 2 aromatic carbocycles. The van der Waals surface area contributed by atoms with Gasteiger partial charge in [-0.05, 0) is 42.3 Å². The topological polar surface area (TPSA) is 56.1 Å². The largest absolute Gasteiger partial charge is 0.380 e. The van der Waals surface area contributed by atoms with Crippen molar-refractivity contribution < 1.29 is 13.9 Å². The molecule has 1 N–H and O–H groups in total. The van der Waals surface area contributed by atoms with E-state index < -0.39 is 0 Å². The number of rotatable bonds is 6. The molecular weight excluding hydrogens is 369 g/mol. The van der Waals surface area contributed by atoms with Crippen molar-refractivity contribution in [1.82, 2.24) is 15.1 Å². The van der Waals surface area contributed by atoms with Crippen LogP contribution in [0.15, 0.2) is 48.5 Å².